The Morgan fingerprint density at radius 2 is 1.85 bits per heavy atom. The number of morpholine rings is 1. The van der Waals surface area contributed by atoms with E-state index in [1.165, 1.54) is 0 Å². The van der Waals surface area contributed by atoms with Gasteiger partial charge in [-0.25, -0.2) is 0 Å². The summed E-state index contributed by atoms with van der Waals surface area (Å²) < 4.78 is 5.41. The smallest absolute Gasteiger partial charge is 0.309 e. The fourth-order valence-corrected chi connectivity index (χ4v) is 4.01. The molecule has 144 valence electrons. The molecule has 6 nitrogen and oxygen atoms in total. The van der Waals surface area contributed by atoms with Gasteiger partial charge >= 0.3 is 11.8 Å². The van der Waals surface area contributed by atoms with Crippen LogP contribution < -0.4 is 10.6 Å². The summed E-state index contributed by atoms with van der Waals surface area (Å²) in [5, 5.41) is 7.94. The number of ether oxygens (including phenoxy) is 1. The number of amides is 2. The first-order valence-corrected chi connectivity index (χ1v) is 10.1. The fraction of sp³-hybridized carbons (Fsp3) is 0.368. The van der Waals surface area contributed by atoms with E-state index in [-0.39, 0.29) is 12.6 Å². The minimum atomic E-state index is -0.665. The van der Waals surface area contributed by atoms with Crippen LogP contribution in [0.4, 0.5) is 0 Å². The minimum absolute atomic E-state index is 0.0363. The third-order valence-corrected chi connectivity index (χ3v) is 5.76. The van der Waals surface area contributed by atoms with Crippen LogP contribution in [-0.4, -0.2) is 49.6 Å². The summed E-state index contributed by atoms with van der Waals surface area (Å²) in [6.45, 7) is 3.54. The highest BCUT2D eigenvalue weighted by molar-refractivity contribution is 7.10. The Hall–Kier alpha value is -1.93. The Balaban J connectivity index is 1.53. The Bertz CT molecular complexity index is 763. The van der Waals surface area contributed by atoms with E-state index in [4.69, 9.17) is 16.3 Å². The van der Waals surface area contributed by atoms with E-state index in [2.05, 4.69) is 21.6 Å². The second kappa shape index (κ2) is 9.85. The fourth-order valence-electron chi connectivity index (χ4n) is 2.95. The topological polar surface area (TPSA) is 70.7 Å². The molecule has 1 unspecified atom stereocenters. The van der Waals surface area contributed by atoms with E-state index in [9.17, 15) is 9.59 Å². The SMILES string of the molecule is O=C(NCc1ccccc1Cl)C(=O)NCC(c1cccs1)N1CCOCC1. The molecule has 0 spiro atoms. The number of hydrogen-bond acceptors (Lipinski definition) is 5. The molecule has 0 saturated carbocycles. The highest BCUT2D eigenvalue weighted by Gasteiger charge is 2.25. The molecule has 0 bridgehead atoms. The number of benzene rings is 1. The van der Waals surface area contributed by atoms with Gasteiger partial charge in [-0.15, -0.1) is 11.3 Å². The van der Waals surface area contributed by atoms with Gasteiger partial charge in [-0.3, -0.25) is 14.5 Å². The van der Waals surface area contributed by atoms with Gasteiger partial charge in [0.15, 0.2) is 0 Å². The third-order valence-electron chi connectivity index (χ3n) is 4.42. The van der Waals surface area contributed by atoms with Gasteiger partial charge < -0.3 is 15.4 Å². The molecular formula is C19H22ClN3O3S. The third kappa shape index (κ3) is 5.52. The molecule has 0 aliphatic carbocycles. The van der Waals surface area contributed by atoms with Crippen LogP contribution in [0.3, 0.4) is 0 Å². The van der Waals surface area contributed by atoms with E-state index in [1.54, 1.807) is 17.4 Å². The molecule has 1 fully saturated rings. The largest absolute Gasteiger partial charge is 0.379 e. The normalized spacial score (nSPS) is 15.9. The molecule has 1 aliphatic rings. The van der Waals surface area contributed by atoms with Gasteiger partial charge in [0, 0.05) is 36.1 Å². The van der Waals surface area contributed by atoms with E-state index in [1.807, 2.05) is 29.6 Å². The predicted octanol–water partition coefficient (Wildman–Crippen LogP) is 2.21. The maximum Gasteiger partial charge on any atom is 0.309 e. The molecule has 3 rings (SSSR count). The summed E-state index contributed by atoms with van der Waals surface area (Å²) in [5.74, 6) is -1.31. The van der Waals surface area contributed by atoms with E-state index in [0.717, 1.165) is 23.5 Å². The van der Waals surface area contributed by atoms with E-state index in [0.29, 0.717) is 24.8 Å². The van der Waals surface area contributed by atoms with Crippen molar-refractivity contribution in [2.45, 2.75) is 12.6 Å². The lowest BCUT2D eigenvalue weighted by atomic mass is 10.2. The summed E-state index contributed by atoms with van der Waals surface area (Å²) in [5.41, 5.74) is 0.769. The van der Waals surface area contributed by atoms with E-state index >= 15 is 0 Å². The molecule has 2 amide bonds. The lowest BCUT2D eigenvalue weighted by Crippen LogP contribution is -2.46. The summed E-state index contributed by atoms with van der Waals surface area (Å²) in [4.78, 5) is 27.8. The van der Waals surface area contributed by atoms with Crippen LogP contribution in [0.1, 0.15) is 16.5 Å². The lowest BCUT2D eigenvalue weighted by Gasteiger charge is -2.34. The maximum absolute atomic E-state index is 12.2. The number of halogens is 1. The summed E-state index contributed by atoms with van der Waals surface area (Å²) in [6.07, 6.45) is 0. The van der Waals surface area contributed by atoms with Gasteiger partial charge in [-0.2, -0.15) is 0 Å². The van der Waals surface area contributed by atoms with Crippen LogP contribution in [-0.2, 0) is 20.9 Å². The molecule has 2 N–H and O–H groups in total. The van der Waals surface area contributed by atoms with Crippen molar-refractivity contribution < 1.29 is 14.3 Å². The number of rotatable bonds is 6. The second-order valence-electron chi connectivity index (χ2n) is 6.16. The van der Waals surface area contributed by atoms with Gasteiger partial charge in [0.05, 0.1) is 19.3 Å². The van der Waals surface area contributed by atoms with Crippen molar-refractivity contribution in [2.24, 2.45) is 0 Å². The number of hydrogen-bond donors (Lipinski definition) is 2. The van der Waals surface area contributed by atoms with E-state index < -0.39 is 11.8 Å². The summed E-state index contributed by atoms with van der Waals surface area (Å²) >= 11 is 7.71. The molecule has 1 aromatic heterocycles. The zero-order valence-corrected chi connectivity index (χ0v) is 16.4. The molecule has 1 aliphatic heterocycles. The van der Waals surface area contributed by atoms with Crippen molar-refractivity contribution in [1.29, 1.82) is 0 Å². The Morgan fingerprint density at radius 1 is 1.11 bits per heavy atom. The van der Waals surface area contributed by atoms with Crippen LogP contribution in [0, 0.1) is 0 Å². The highest BCUT2D eigenvalue weighted by atomic mass is 35.5. The number of carbonyl (C=O) groups excluding carboxylic acids is 2. The summed E-state index contributed by atoms with van der Waals surface area (Å²) in [7, 11) is 0. The van der Waals surface area contributed by atoms with Crippen molar-refractivity contribution in [3.63, 3.8) is 0 Å². The molecule has 2 aromatic rings. The Morgan fingerprint density at radius 3 is 2.56 bits per heavy atom. The maximum atomic E-state index is 12.2. The first-order valence-electron chi connectivity index (χ1n) is 8.80. The number of nitrogens with one attached hydrogen (secondary N) is 2. The van der Waals surface area contributed by atoms with Crippen LogP contribution in [0.2, 0.25) is 5.02 Å². The minimum Gasteiger partial charge on any atom is -0.379 e. The van der Waals surface area contributed by atoms with Crippen LogP contribution in [0.25, 0.3) is 0 Å². The first-order chi connectivity index (χ1) is 13.1. The summed E-state index contributed by atoms with van der Waals surface area (Å²) in [6, 6.07) is 11.3. The van der Waals surface area contributed by atoms with Crippen molar-refractivity contribution in [3.8, 4) is 0 Å². The monoisotopic (exact) mass is 407 g/mol. The lowest BCUT2D eigenvalue weighted by molar-refractivity contribution is -0.139. The molecule has 1 atom stereocenters. The Kier molecular flexibility index (Phi) is 7.23. The zero-order chi connectivity index (χ0) is 19.1. The first kappa shape index (κ1) is 19.8. The second-order valence-corrected chi connectivity index (χ2v) is 7.55. The van der Waals surface area contributed by atoms with Gasteiger partial charge in [-0.1, -0.05) is 35.9 Å². The molecule has 2 heterocycles. The molecule has 1 saturated heterocycles. The Labute approximate surface area is 167 Å². The molecule has 8 heteroatoms. The standard InChI is InChI=1S/C19H22ClN3O3S/c20-15-5-2-1-4-14(15)12-21-18(24)19(25)22-13-16(17-6-3-11-27-17)23-7-9-26-10-8-23/h1-6,11,16H,7-10,12-13H2,(H,21,24)(H,22,25). The number of thiophene rings is 1. The van der Waals surface area contributed by atoms with Gasteiger partial charge in [-0.05, 0) is 23.1 Å². The van der Waals surface area contributed by atoms with Crippen LogP contribution in [0.5, 0.6) is 0 Å². The molecule has 0 radical (unpaired) electrons. The number of carbonyl (C=O) groups is 2. The van der Waals surface area contributed by atoms with Crippen LogP contribution >= 0.6 is 22.9 Å². The average molecular weight is 408 g/mol. The molecular weight excluding hydrogens is 386 g/mol. The van der Waals surface area contributed by atoms with Gasteiger partial charge in [0.1, 0.15) is 0 Å². The van der Waals surface area contributed by atoms with Crippen molar-refractivity contribution >= 4 is 34.8 Å². The quantitative estimate of drug-likeness (QED) is 0.720. The van der Waals surface area contributed by atoms with Crippen molar-refractivity contribution in [3.05, 3.63) is 57.2 Å². The highest BCUT2D eigenvalue weighted by Crippen LogP contribution is 2.25. The van der Waals surface area contributed by atoms with Crippen molar-refractivity contribution in [1.82, 2.24) is 15.5 Å². The number of nitrogens with zero attached hydrogens (tertiary/aromatic N) is 1. The van der Waals surface area contributed by atoms with Crippen LogP contribution in [0.15, 0.2) is 41.8 Å². The van der Waals surface area contributed by atoms with Gasteiger partial charge in [0.2, 0.25) is 0 Å². The van der Waals surface area contributed by atoms with Crippen molar-refractivity contribution in [2.75, 3.05) is 32.8 Å². The molecule has 1 aromatic carbocycles. The zero-order valence-electron chi connectivity index (χ0n) is 14.8. The average Bonchev–Trinajstić information content (AvgIpc) is 3.22. The predicted molar refractivity (Wildman–Crippen MR) is 106 cm³/mol. The molecule has 27 heavy (non-hydrogen) atoms. The van der Waals surface area contributed by atoms with Gasteiger partial charge in [0.25, 0.3) is 0 Å².